The molecule has 106 valence electrons. The van der Waals surface area contributed by atoms with Crippen molar-refractivity contribution in [2.24, 2.45) is 5.73 Å². The molecule has 0 aliphatic rings. The molecule has 20 heavy (non-hydrogen) atoms. The second-order valence-corrected chi connectivity index (χ2v) is 5.57. The summed E-state index contributed by atoms with van der Waals surface area (Å²) < 4.78 is 13.1. The summed E-state index contributed by atoms with van der Waals surface area (Å²) in [6.07, 6.45) is 0. The number of halogens is 2. The third-order valence-corrected chi connectivity index (χ3v) is 4.01. The van der Waals surface area contributed by atoms with Gasteiger partial charge in [0.1, 0.15) is 10.8 Å². The van der Waals surface area contributed by atoms with E-state index in [2.05, 4.69) is 10.3 Å². The number of thiazole rings is 1. The minimum Gasteiger partial charge on any atom is -0.369 e. The molecule has 1 aromatic carbocycles. The van der Waals surface area contributed by atoms with Crippen molar-refractivity contribution in [3.05, 3.63) is 39.4 Å². The van der Waals surface area contributed by atoms with Crippen LogP contribution in [0, 0.1) is 5.82 Å². The lowest BCUT2D eigenvalue weighted by Crippen LogP contribution is -2.30. The normalized spacial score (nSPS) is 12.3. The number of rotatable bonds is 5. The van der Waals surface area contributed by atoms with Gasteiger partial charge in [0.05, 0.1) is 23.3 Å². The van der Waals surface area contributed by atoms with Crippen LogP contribution in [0.5, 0.6) is 0 Å². The van der Waals surface area contributed by atoms with Gasteiger partial charge in [-0.1, -0.05) is 11.6 Å². The molecule has 1 amide bonds. The van der Waals surface area contributed by atoms with Gasteiger partial charge in [-0.3, -0.25) is 10.1 Å². The van der Waals surface area contributed by atoms with Gasteiger partial charge >= 0.3 is 0 Å². The van der Waals surface area contributed by atoms with Gasteiger partial charge in [0.15, 0.2) is 0 Å². The average molecular weight is 314 g/mol. The van der Waals surface area contributed by atoms with E-state index in [1.807, 2.05) is 12.3 Å². The Hall–Kier alpha value is -1.50. The molecule has 0 aliphatic carbocycles. The van der Waals surface area contributed by atoms with E-state index in [4.69, 9.17) is 17.3 Å². The first kappa shape index (κ1) is 14.9. The number of benzene rings is 1. The van der Waals surface area contributed by atoms with E-state index in [0.717, 1.165) is 16.3 Å². The van der Waals surface area contributed by atoms with Crippen molar-refractivity contribution in [3.8, 4) is 11.3 Å². The fourth-order valence-electron chi connectivity index (χ4n) is 1.62. The first-order chi connectivity index (χ1) is 9.47. The smallest absolute Gasteiger partial charge is 0.231 e. The highest BCUT2D eigenvalue weighted by atomic mass is 35.5. The van der Waals surface area contributed by atoms with E-state index < -0.39 is 11.7 Å². The summed E-state index contributed by atoms with van der Waals surface area (Å²) in [5.74, 6) is -0.874. The van der Waals surface area contributed by atoms with Crippen LogP contribution in [-0.4, -0.2) is 17.4 Å². The van der Waals surface area contributed by atoms with Gasteiger partial charge in [0, 0.05) is 10.9 Å². The lowest BCUT2D eigenvalue weighted by Gasteiger charge is -2.08. The largest absolute Gasteiger partial charge is 0.369 e. The molecule has 0 radical (unpaired) electrons. The number of aromatic nitrogens is 1. The molecule has 2 rings (SSSR count). The number of nitrogens with one attached hydrogen (secondary N) is 1. The van der Waals surface area contributed by atoms with Crippen molar-refractivity contribution in [2.45, 2.75) is 13.0 Å². The second-order valence-electron chi connectivity index (χ2n) is 4.27. The van der Waals surface area contributed by atoms with Crippen LogP contribution >= 0.6 is 22.9 Å². The van der Waals surface area contributed by atoms with Crippen molar-refractivity contribution < 1.29 is 9.18 Å². The molecule has 0 spiro atoms. The van der Waals surface area contributed by atoms with Gasteiger partial charge < -0.3 is 5.73 Å². The number of hydrogen-bond acceptors (Lipinski definition) is 4. The minimum atomic E-state index is -0.456. The number of carbonyl (C=O) groups is 1. The number of nitrogens with two attached hydrogens (primary N) is 1. The summed E-state index contributed by atoms with van der Waals surface area (Å²) in [6, 6.07) is 4.39. The third kappa shape index (κ3) is 3.53. The Morgan fingerprint density at radius 3 is 3.00 bits per heavy atom. The van der Waals surface area contributed by atoms with E-state index in [1.54, 1.807) is 6.07 Å². The Balaban J connectivity index is 2.15. The third-order valence-electron chi connectivity index (χ3n) is 2.69. The highest BCUT2D eigenvalue weighted by molar-refractivity contribution is 7.10. The molecule has 0 bridgehead atoms. The molecule has 1 aromatic heterocycles. The highest BCUT2D eigenvalue weighted by Gasteiger charge is 2.12. The molecule has 2 aromatic rings. The molecular formula is C13H13ClFN3OS. The summed E-state index contributed by atoms with van der Waals surface area (Å²) in [5, 5.41) is 5.72. The molecule has 0 unspecified atom stereocenters. The fourth-order valence-corrected chi connectivity index (χ4v) is 2.66. The molecule has 4 nitrogen and oxygen atoms in total. The van der Waals surface area contributed by atoms with Gasteiger partial charge in [-0.05, 0) is 25.1 Å². The molecular weight excluding hydrogens is 301 g/mol. The first-order valence-corrected chi connectivity index (χ1v) is 7.15. The number of amides is 1. The lowest BCUT2D eigenvalue weighted by molar-refractivity contribution is -0.117. The average Bonchev–Trinajstić information content (AvgIpc) is 2.89. The molecule has 0 fully saturated rings. The van der Waals surface area contributed by atoms with Crippen LogP contribution in [0.15, 0.2) is 23.6 Å². The summed E-state index contributed by atoms with van der Waals surface area (Å²) >= 11 is 7.21. The van der Waals surface area contributed by atoms with Crippen molar-refractivity contribution >= 4 is 28.8 Å². The Kier molecular flexibility index (Phi) is 4.69. The highest BCUT2D eigenvalue weighted by Crippen LogP contribution is 2.28. The zero-order valence-electron chi connectivity index (χ0n) is 10.7. The van der Waals surface area contributed by atoms with E-state index >= 15 is 0 Å². The summed E-state index contributed by atoms with van der Waals surface area (Å²) in [7, 11) is 0. The standard InChI is InChI=1S/C13H13ClFN3OS/c1-7(17-5-12(16)19)13-18-11(6-20-13)8-2-3-10(15)9(14)4-8/h2-4,6-7,17H,5H2,1H3,(H2,16,19)/t7-/m1/s1. The maximum Gasteiger partial charge on any atom is 0.231 e. The fraction of sp³-hybridized carbons (Fsp3) is 0.231. The predicted molar refractivity (Wildman–Crippen MR) is 78.1 cm³/mol. The number of nitrogens with zero attached hydrogens (tertiary/aromatic N) is 1. The maximum absolute atomic E-state index is 13.1. The Bertz CT molecular complexity index is 632. The SMILES string of the molecule is C[C@@H](NCC(N)=O)c1nc(-c2ccc(F)c(Cl)c2)cs1. The van der Waals surface area contributed by atoms with E-state index in [-0.39, 0.29) is 17.6 Å². The number of hydrogen-bond donors (Lipinski definition) is 2. The van der Waals surface area contributed by atoms with Crippen LogP contribution in [0.1, 0.15) is 18.0 Å². The summed E-state index contributed by atoms with van der Waals surface area (Å²) in [4.78, 5) is 15.2. The Labute approximate surface area is 124 Å². The van der Waals surface area contributed by atoms with E-state index in [1.165, 1.54) is 23.5 Å². The van der Waals surface area contributed by atoms with Crippen LogP contribution in [0.4, 0.5) is 4.39 Å². The summed E-state index contributed by atoms with van der Waals surface area (Å²) in [6.45, 7) is 1.99. The Morgan fingerprint density at radius 1 is 1.60 bits per heavy atom. The topological polar surface area (TPSA) is 68.0 Å². The number of carbonyl (C=O) groups excluding carboxylic acids is 1. The summed E-state index contributed by atoms with van der Waals surface area (Å²) in [5.41, 5.74) is 6.55. The van der Waals surface area contributed by atoms with E-state index in [0.29, 0.717) is 0 Å². The van der Waals surface area contributed by atoms with Crippen LogP contribution in [0.2, 0.25) is 5.02 Å². The molecule has 0 saturated heterocycles. The quantitative estimate of drug-likeness (QED) is 0.892. The van der Waals surface area contributed by atoms with Gasteiger partial charge in [0.25, 0.3) is 0 Å². The van der Waals surface area contributed by atoms with Gasteiger partial charge in [-0.25, -0.2) is 9.37 Å². The van der Waals surface area contributed by atoms with Gasteiger partial charge in [-0.2, -0.15) is 0 Å². The van der Waals surface area contributed by atoms with Crippen molar-refractivity contribution in [2.75, 3.05) is 6.54 Å². The second kappa shape index (κ2) is 6.30. The minimum absolute atomic E-state index is 0.0666. The molecule has 1 heterocycles. The molecule has 3 N–H and O–H groups in total. The monoisotopic (exact) mass is 313 g/mol. The van der Waals surface area contributed by atoms with Crippen LogP contribution in [-0.2, 0) is 4.79 Å². The zero-order chi connectivity index (χ0) is 14.7. The lowest BCUT2D eigenvalue weighted by atomic mass is 10.2. The van der Waals surface area contributed by atoms with Crippen LogP contribution in [0.3, 0.4) is 0 Å². The van der Waals surface area contributed by atoms with Crippen LogP contribution < -0.4 is 11.1 Å². The van der Waals surface area contributed by atoms with Crippen molar-refractivity contribution in [1.82, 2.24) is 10.3 Å². The molecule has 0 saturated carbocycles. The zero-order valence-corrected chi connectivity index (χ0v) is 12.3. The molecule has 1 atom stereocenters. The van der Waals surface area contributed by atoms with Gasteiger partial charge in [0.2, 0.25) is 5.91 Å². The van der Waals surface area contributed by atoms with Crippen molar-refractivity contribution in [1.29, 1.82) is 0 Å². The predicted octanol–water partition coefficient (Wildman–Crippen LogP) is 2.74. The molecule has 0 aliphatic heterocycles. The first-order valence-electron chi connectivity index (χ1n) is 5.90. The molecule has 7 heteroatoms. The maximum atomic E-state index is 13.1. The number of primary amides is 1. The van der Waals surface area contributed by atoms with E-state index in [9.17, 15) is 9.18 Å². The van der Waals surface area contributed by atoms with Crippen LogP contribution in [0.25, 0.3) is 11.3 Å². The Morgan fingerprint density at radius 2 is 2.35 bits per heavy atom. The van der Waals surface area contributed by atoms with Gasteiger partial charge in [-0.15, -0.1) is 11.3 Å². The van der Waals surface area contributed by atoms with Crippen molar-refractivity contribution in [3.63, 3.8) is 0 Å².